The number of oxime groups is 1. The molecule has 3 aromatic carbocycles. The quantitative estimate of drug-likeness (QED) is 0.262. The van der Waals surface area contributed by atoms with E-state index in [1.165, 1.54) is 0 Å². The number of aromatic nitrogens is 1. The van der Waals surface area contributed by atoms with Gasteiger partial charge in [-0.3, -0.25) is 0 Å². The topological polar surface area (TPSA) is 86.8 Å². The minimum absolute atomic E-state index is 0.483. The van der Waals surface area contributed by atoms with Crippen molar-refractivity contribution in [2.75, 3.05) is 55.7 Å². The average molecular weight is 518 g/mol. The van der Waals surface area contributed by atoms with Gasteiger partial charge in [0.2, 0.25) is 0 Å². The van der Waals surface area contributed by atoms with Crippen LogP contribution >= 0.6 is 0 Å². The molecular formula is C29H31N3O6. The lowest BCUT2D eigenvalue weighted by Gasteiger charge is -2.12. The van der Waals surface area contributed by atoms with Crippen LogP contribution in [0.4, 0.5) is 0 Å². The van der Waals surface area contributed by atoms with Gasteiger partial charge < -0.3 is 38.4 Å². The van der Waals surface area contributed by atoms with Gasteiger partial charge >= 0.3 is 0 Å². The van der Waals surface area contributed by atoms with Crippen LogP contribution in [0.25, 0.3) is 22.2 Å². The molecule has 5 rings (SSSR count). The zero-order valence-electron chi connectivity index (χ0n) is 22.4. The van der Waals surface area contributed by atoms with E-state index < -0.39 is 0 Å². The third-order valence-electron chi connectivity index (χ3n) is 6.43. The van der Waals surface area contributed by atoms with Crippen LogP contribution in [0.15, 0.2) is 53.7 Å². The number of ether oxygens (including phenoxy) is 5. The lowest BCUT2D eigenvalue weighted by Crippen LogP contribution is -2.19. The summed E-state index contributed by atoms with van der Waals surface area (Å²) in [6.45, 7) is 1.40. The molecule has 198 valence electrons. The maximum Gasteiger partial charge on any atom is 0.165 e. The molecule has 9 nitrogen and oxygen atoms in total. The van der Waals surface area contributed by atoms with Crippen LogP contribution in [0.5, 0.6) is 34.5 Å². The lowest BCUT2D eigenvalue weighted by molar-refractivity contribution is 0.261. The molecule has 9 heteroatoms. The molecule has 0 atom stereocenters. The average Bonchev–Trinajstić information content (AvgIpc) is 3.44. The molecule has 4 aromatic rings. The summed E-state index contributed by atoms with van der Waals surface area (Å²) in [5.74, 6) is 3.70. The van der Waals surface area contributed by atoms with Gasteiger partial charge in [-0.05, 0) is 44.4 Å². The Morgan fingerprint density at radius 1 is 0.737 bits per heavy atom. The molecule has 0 radical (unpaired) electrons. The third-order valence-corrected chi connectivity index (χ3v) is 6.43. The van der Waals surface area contributed by atoms with Gasteiger partial charge in [-0.15, -0.1) is 0 Å². The number of likely N-dealkylation sites (N-methyl/N-ethyl adjacent to an activating group) is 1. The fraction of sp³-hybridized carbons (Fsp3) is 0.276. The smallest absolute Gasteiger partial charge is 0.165 e. The molecule has 0 spiro atoms. The van der Waals surface area contributed by atoms with E-state index in [-0.39, 0.29) is 0 Å². The van der Waals surface area contributed by atoms with Gasteiger partial charge in [-0.25, -0.2) is 0 Å². The monoisotopic (exact) mass is 517 g/mol. The molecule has 0 bridgehead atoms. The van der Waals surface area contributed by atoms with Crippen molar-refractivity contribution >= 4 is 16.6 Å². The molecule has 0 aliphatic heterocycles. The number of H-pyrrole nitrogens is 1. The lowest BCUT2D eigenvalue weighted by atomic mass is 10.1. The number of hydrogen-bond acceptors (Lipinski definition) is 8. The second-order valence-corrected chi connectivity index (χ2v) is 9.07. The summed E-state index contributed by atoms with van der Waals surface area (Å²) in [4.78, 5) is 11.6. The number of nitrogens with zero attached hydrogens (tertiary/aromatic N) is 2. The van der Waals surface area contributed by atoms with Gasteiger partial charge in [0.1, 0.15) is 29.6 Å². The van der Waals surface area contributed by atoms with Crippen LogP contribution in [0.3, 0.4) is 0 Å². The van der Waals surface area contributed by atoms with Gasteiger partial charge in [0, 0.05) is 52.3 Å². The first-order chi connectivity index (χ1) is 18.4. The Morgan fingerprint density at radius 3 is 2.03 bits per heavy atom. The highest BCUT2D eigenvalue weighted by molar-refractivity contribution is 6.30. The van der Waals surface area contributed by atoms with Crippen molar-refractivity contribution in [1.29, 1.82) is 0 Å². The van der Waals surface area contributed by atoms with Crippen LogP contribution in [0.2, 0.25) is 0 Å². The van der Waals surface area contributed by atoms with Crippen LogP contribution < -0.4 is 28.5 Å². The van der Waals surface area contributed by atoms with Crippen molar-refractivity contribution in [2.24, 2.45) is 5.16 Å². The van der Waals surface area contributed by atoms with Crippen LogP contribution in [0.1, 0.15) is 11.1 Å². The molecule has 1 aromatic heterocycles. The zero-order valence-corrected chi connectivity index (χ0v) is 22.4. The highest BCUT2D eigenvalue weighted by Gasteiger charge is 2.32. The fourth-order valence-corrected chi connectivity index (χ4v) is 4.50. The maximum atomic E-state index is 6.03. The summed E-state index contributed by atoms with van der Waals surface area (Å²) in [6, 6.07) is 15.2. The van der Waals surface area contributed by atoms with Gasteiger partial charge in [0.15, 0.2) is 17.2 Å². The Labute approximate surface area is 221 Å². The molecule has 1 N–H and O–H groups in total. The van der Waals surface area contributed by atoms with Gasteiger partial charge in [0.05, 0.1) is 34.1 Å². The summed E-state index contributed by atoms with van der Waals surface area (Å²) in [7, 11) is 10.5. The predicted octanol–water partition coefficient (Wildman–Crippen LogP) is 4.95. The number of benzene rings is 3. The van der Waals surface area contributed by atoms with E-state index in [4.69, 9.17) is 28.5 Å². The van der Waals surface area contributed by atoms with Gasteiger partial charge in [-0.2, -0.15) is 0 Å². The first-order valence-corrected chi connectivity index (χ1v) is 12.1. The third kappa shape index (κ3) is 4.68. The Morgan fingerprint density at radius 2 is 1.39 bits per heavy atom. The summed E-state index contributed by atoms with van der Waals surface area (Å²) in [5, 5.41) is 5.61. The zero-order chi connectivity index (χ0) is 26.8. The van der Waals surface area contributed by atoms with Crippen molar-refractivity contribution < 1.29 is 28.5 Å². The first-order valence-electron chi connectivity index (χ1n) is 12.1. The number of rotatable bonds is 10. The van der Waals surface area contributed by atoms with Gasteiger partial charge in [0.25, 0.3) is 0 Å². The second-order valence-electron chi connectivity index (χ2n) is 9.07. The summed E-state index contributed by atoms with van der Waals surface area (Å²) in [6.07, 6.45) is 0. The summed E-state index contributed by atoms with van der Waals surface area (Å²) in [5.41, 5.74) is 5.26. The molecule has 1 aliphatic carbocycles. The Balaban J connectivity index is 1.63. The minimum atomic E-state index is 0.483. The molecule has 38 heavy (non-hydrogen) atoms. The van der Waals surface area contributed by atoms with E-state index in [2.05, 4.69) is 15.0 Å². The number of hydrogen-bond donors (Lipinski definition) is 1. The Bertz CT molecular complexity index is 1490. The van der Waals surface area contributed by atoms with Crippen molar-refractivity contribution in [3.05, 3.63) is 59.7 Å². The Kier molecular flexibility index (Phi) is 7.02. The van der Waals surface area contributed by atoms with E-state index in [0.29, 0.717) is 41.1 Å². The molecule has 1 heterocycles. The standard InChI is InChI=1S/C29H31N3O6/c1-32(2)9-10-37-17-7-8-24-23(14-17)27-28(30-24)21-15-25(35-5)26(36-6)16-22(21)29(27)31-38-20-12-18(33-3)11-19(13-20)34-4/h7-8,11-16,30H,9-10H2,1-6H3. The van der Waals surface area contributed by atoms with Crippen LogP contribution in [-0.2, 0) is 0 Å². The summed E-state index contributed by atoms with van der Waals surface area (Å²) >= 11 is 0. The first kappa shape index (κ1) is 25.3. The molecule has 0 unspecified atom stereocenters. The maximum absolute atomic E-state index is 6.03. The highest BCUT2D eigenvalue weighted by Crippen LogP contribution is 2.46. The van der Waals surface area contributed by atoms with E-state index >= 15 is 0 Å². The predicted molar refractivity (Wildman–Crippen MR) is 147 cm³/mol. The SMILES string of the molecule is COc1cc(OC)cc(ON=C2c3cc(OC)c(OC)cc3-c3[nH]c4ccc(OCCN(C)C)cc4c32)c1. The van der Waals surface area contributed by atoms with E-state index in [1.807, 2.05) is 44.4 Å². The van der Waals surface area contributed by atoms with E-state index in [9.17, 15) is 0 Å². The number of aromatic amines is 1. The van der Waals surface area contributed by atoms with Crippen LogP contribution in [-0.4, -0.2) is 71.3 Å². The largest absolute Gasteiger partial charge is 0.496 e. The number of methoxy groups -OCH3 is 4. The Hall–Kier alpha value is -4.37. The molecule has 0 fully saturated rings. The van der Waals surface area contributed by atoms with E-state index in [0.717, 1.165) is 45.6 Å². The summed E-state index contributed by atoms with van der Waals surface area (Å²) < 4.78 is 28.0. The van der Waals surface area contributed by atoms with E-state index in [1.54, 1.807) is 46.6 Å². The highest BCUT2D eigenvalue weighted by atomic mass is 16.6. The van der Waals surface area contributed by atoms with Gasteiger partial charge in [-0.1, -0.05) is 5.16 Å². The number of nitrogens with one attached hydrogen (secondary N) is 1. The minimum Gasteiger partial charge on any atom is -0.496 e. The molecule has 0 saturated carbocycles. The van der Waals surface area contributed by atoms with Crippen LogP contribution in [0, 0.1) is 0 Å². The normalized spacial score (nSPS) is 13.0. The van der Waals surface area contributed by atoms with Crippen molar-refractivity contribution in [1.82, 2.24) is 9.88 Å². The van der Waals surface area contributed by atoms with Crippen molar-refractivity contribution in [3.8, 4) is 45.8 Å². The fourth-order valence-electron chi connectivity index (χ4n) is 4.50. The second kappa shape index (κ2) is 10.5. The molecule has 1 aliphatic rings. The number of fused-ring (bicyclic) bond motifs is 5. The van der Waals surface area contributed by atoms with Crippen molar-refractivity contribution in [3.63, 3.8) is 0 Å². The molecule has 0 saturated heterocycles. The molecule has 0 amide bonds. The molecular weight excluding hydrogens is 486 g/mol. The van der Waals surface area contributed by atoms with Crippen molar-refractivity contribution in [2.45, 2.75) is 0 Å².